The van der Waals surface area contributed by atoms with Gasteiger partial charge in [0.15, 0.2) is 0 Å². The van der Waals surface area contributed by atoms with Crippen LogP contribution in [-0.2, 0) is 4.74 Å². The lowest BCUT2D eigenvalue weighted by Crippen LogP contribution is -2.48. The molecule has 1 saturated heterocycles. The highest BCUT2D eigenvalue weighted by Gasteiger charge is 2.20. The Morgan fingerprint density at radius 3 is 2.92 bits per heavy atom. The van der Waals surface area contributed by atoms with Crippen LogP contribution in [0.1, 0.15) is 10.4 Å². The summed E-state index contributed by atoms with van der Waals surface area (Å²) < 4.78 is 4.93. The molecule has 0 aromatic carbocycles. The van der Waals surface area contributed by atoms with Gasteiger partial charge in [-0.25, -0.2) is 0 Å². The lowest BCUT2D eigenvalue weighted by molar-refractivity contribution is -0.00347. The van der Waals surface area contributed by atoms with Crippen molar-refractivity contribution in [2.75, 3.05) is 13.2 Å². The van der Waals surface area contributed by atoms with Crippen molar-refractivity contribution in [1.82, 2.24) is 15.5 Å². The number of nitrogens with zero attached hydrogens (tertiary/aromatic N) is 2. The Morgan fingerprint density at radius 1 is 1.54 bits per heavy atom. The van der Waals surface area contributed by atoms with Crippen molar-refractivity contribution in [2.45, 2.75) is 6.04 Å². The van der Waals surface area contributed by atoms with Gasteiger partial charge >= 0.3 is 0 Å². The second-order valence-electron chi connectivity index (χ2n) is 2.84. The van der Waals surface area contributed by atoms with E-state index in [0.29, 0.717) is 18.8 Å². The van der Waals surface area contributed by atoms with Crippen LogP contribution in [0.4, 0.5) is 0 Å². The fourth-order valence-electron chi connectivity index (χ4n) is 1.01. The van der Waals surface area contributed by atoms with E-state index in [1.807, 2.05) is 0 Å². The molecule has 68 valence electrons. The van der Waals surface area contributed by atoms with Crippen LogP contribution in [0.5, 0.6) is 0 Å². The minimum Gasteiger partial charge on any atom is -0.377 e. The minimum absolute atomic E-state index is 0.122. The molecule has 0 unspecified atom stereocenters. The van der Waals surface area contributed by atoms with E-state index in [9.17, 15) is 4.79 Å². The number of carbonyl (C=O) groups is 1. The van der Waals surface area contributed by atoms with Gasteiger partial charge in [0.25, 0.3) is 5.91 Å². The van der Waals surface area contributed by atoms with Gasteiger partial charge in [0.05, 0.1) is 37.2 Å². The second-order valence-corrected chi connectivity index (χ2v) is 2.84. The lowest BCUT2D eigenvalue weighted by Gasteiger charge is -2.26. The largest absolute Gasteiger partial charge is 0.377 e. The number of hydrogen-bond donors (Lipinski definition) is 1. The van der Waals surface area contributed by atoms with Crippen LogP contribution in [0.25, 0.3) is 0 Å². The maximum Gasteiger partial charge on any atom is 0.253 e. The summed E-state index contributed by atoms with van der Waals surface area (Å²) in [6.07, 6.45) is 2.93. The van der Waals surface area contributed by atoms with Crippen LogP contribution < -0.4 is 5.32 Å². The Kier molecular flexibility index (Phi) is 2.18. The van der Waals surface area contributed by atoms with Crippen LogP contribution in [0.2, 0.25) is 0 Å². The Hall–Kier alpha value is -1.49. The van der Waals surface area contributed by atoms with Gasteiger partial charge in [0.2, 0.25) is 0 Å². The summed E-state index contributed by atoms with van der Waals surface area (Å²) in [6.45, 7) is 1.20. The number of rotatable bonds is 2. The molecule has 13 heavy (non-hydrogen) atoms. The lowest BCUT2D eigenvalue weighted by atomic mass is 10.2. The zero-order chi connectivity index (χ0) is 9.10. The van der Waals surface area contributed by atoms with E-state index in [0.717, 1.165) is 0 Å². The smallest absolute Gasteiger partial charge is 0.253 e. The fraction of sp³-hybridized carbons (Fsp3) is 0.375. The third-order valence-electron chi connectivity index (χ3n) is 1.82. The second kappa shape index (κ2) is 3.49. The zero-order valence-electron chi connectivity index (χ0n) is 6.93. The van der Waals surface area contributed by atoms with Crippen LogP contribution >= 0.6 is 0 Å². The van der Waals surface area contributed by atoms with Gasteiger partial charge in [-0.05, 0) is 6.07 Å². The first-order valence-corrected chi connectivity index (χ1v) is 4.01. The summed E-state index contributed by atoms with van der Waals surface area (Å²) in [4.78, 5) is 11.4. The Morgan fingerprint density at radius 2 is 2.38 bits per heavy atom. The zero-order valence-corrected chi connectivity index (χ0v) is 6.93. The van der Waals surface area contributed by atoms with Crippen LogP contribution in [0, 0.1) is 0 Å². The van der Waals surface area contributed by atoms with Crippen LogP contribution in [0.3, 0.4) is 0 Å². The molecule has 0 atom stereocenters. The highest BCUT2D eigenvalue weighted by atomic mass is 16.5. The molecule has 0 spiro atoms. The molecular formula is C8H9N3O2. The molecular weight excluding hydrogens is 170 g/mol. The van der Waals surface area contributed by atoms with E-state index < -0.39 is 0 Å². The Bertz CT molecular complexity index is 298. The number of aromatic nitrogens is 2. The van der Waals surface area contributed by atoms with Crippen molar-refractivity contribution < 1.29 is 9.53 Å². The molecule has 1 aromatic rings. The summed E-state index contributed by atoms with van der Waals surface area (Å²) in [6, 6.07) is 1.78. The molecule has 0 radical (unpaired) electrons. The molecule has 1 fully saturated rings. The van der Waals surface area contributed by atoms with Gasteiger partial charge in [-0.2, -0.15) is 10.2 Å². The van der Waals surface area contributed by atoms with E-state index in [-0.39, 0.29) is 11.9 Å². The molecule has 5 heteroatoms. The van der Waals surface area contributed by atoms with Gasteiger partial charge < -0.3 is 10.1 Å². The molecule has 2 rings (SSSR count). The summed E-state index contributed by atoms with van der Waals surface area (Å²) in [5.74, 6) is -0.122. The molecule has 1 amide bonds. The number of nitrogens with one attached hydrogen (secondary N) is 1. The maximum atomic E-state index is 11.4. The average Bonchev–Trinajstić information content (AvgIpc) is 2.12. The quantitative estimate of drug-likeness (QED) is 0.671. The van der Waals surface area contributed by atoms with Gasteiger partial charge in [-0.1, -0.05) is 0 Å². The van der Waals surface area contributed by atoms with E-state index in [2.05, 4.69) is 15.5 Å². The van der Waals surface area contributed by atoms with Gasteiger partial charge in [-0.3, -0.25) is 4.79 Å². The molecule has 1 aliphatic heterocycles. The Balaban J connectivity index is 1.97. The van der Waals surface area contributed by atoms with Crippen molar-refractivity contribution >= 4 is 5.91 Å². The molecule has 2 heterocycles. The van der Waals surface area contributed by atoms with Crippen LogP contribution in [0.15, 0.2) is 18.5 Å². The van der Waals surface area contributed by atoms with Crippen molar-refractivity contribution in [3.63, 3.8) is 0 Å². The predicted molar refractivity (Wildman–Crippen MR) is 44.1 cm³/mol. The standard InChI is InChI=1S/C8H9N3O2/c12-8(11-7-4-13-5-7)6-1-2-9-10-3-6/h1-3,7H,4-5H2,(H,11,12). The number of amides is 1. The summed E-state index contributed by atoms with van der Waals surface area (Å²) in [7, 11) is 0. The van der Waals surface area contributed by atoms with Gasteiger partial charge in [-0.15, -0.1) is 0 Å². The molecule has 0 saturated carbocycles. The highest BCUT2D eigenvalue weighted by Crippen LogP contribution is 2.01. The normalized spacial score (nSPS) is 16.3. The maximum absolute atomic E-state index is 11.4. The van der Waals surface area contributed by atoms with Crippen molar-refractivity contribution in [1.29, 1.82) is 0 Å². The number of carbonyl (C=O) groups excluding carboxylic acids is 1. The molecule has 0 bridgehead atoms. The SMILES string of the molecule is O=C(NC1COC1)c1ccnnc1. The van der Waals surface area contributed by atoms with Gasteiger partial charge in [0, 0.05) is 0 Å². The highest BCUT2D eigenvalue weighted by molar-refractivity contribution is 5.93. The van der Waals surface area contributed by atoms with Crippen molar-refractivity contribution in [2.24, 2.45) is 0 Å². The molecule has 5 nitrogen and oxygen atoms in total. The summed E-state index contributed by atoms with van der Waals surface area (Å²) in [5, 5.41) is 10.0. The number of hydrogen-bond acceptors (Lipinski definition) is 4. The predicted octanol–water partition coefficient (Wildman–Crippen LogP) is -0.395. The molecule has 0 aliphatic carbocycles. The van der Waals surface area contributed by atoms with Gasteiger partial charge in [0.1, 0.15) is 0 Å². The van der Waals surface area contributed by atoms with Crippen molar-refractivity contribution in [3.8, 4) is 0 Å². The molecule has 1 N–H and O–H groups in total. The fourth-order valence-corrected chi connectivity index (χ4v) is 1.01. The monoisotopic (exact) mass is 179 g/mol. The first-order chi connectivity index (χ1) is 6.36. The third kappa shape index (κ3) is 1.81. The van der Waals surface area contributed by atoms with Crippen LogP contribution in [-0.4, -0.2) is 35.4 Å². The third-order valence-corrected chi connectivity index (χ3v) is 1.82. The average molecular weight is 179 g/mol. The van der Waals surface area contributed by atoms with E-state index >= 15 is 0 Å². The Labute approximate surface area is 75.1 Å². The first-order valence-electron chi connectivity index (χ1n) is 4.01. The minimum atomic E-state index is -0.122. The van der Waals surface area contributed by atoms with Crippen molar-refractivity contribution in [3.05, 3.63) is 24.0 Å². The topological polar surface area (TPSA) is 64.1 Å². The first kappa shape index (κ1) is 8.12. The summed E-state index contributed by atoms with van der Waals surface area (Å²) in [5.41, 5.74) is 0.530. The molecule has 1 aromatic heterocycles. The number of ether oxygens (including phenoxy) is 1. The van der Waals surface area contributed by atoms with E-state index in [1.54, 1.807) is 6.07 Å². The van der Waals surface area contributed by atoms with E-state index in [1.165, 1.54) is 12.4 Å². The van der Waals surface area contributed by atoms with E-state index in [4.69, 9.17) is 4.74 Å². The molecule has 1 aliphatic rings. The summed E-state index contributed by atoms with van der Waals surface area (Å²) >= 11 is 0.